The summed E-state index contributed by atoms with van der Waals surface area (Å²) in [4.78, 5) is 13.4. The van der Waals surface area contributed by atoms with Gasteiger partial charge in [0.25, 0.3) is 0 Å². The Hall–Kier alpha value is -1.56. The summed E-state index contributed by atoms with van der Waals surface area (Å²) in [6.07, 6.45) is 0.172. The van der Waals surface area contributed by atoms with E-state index in [4.69, 9.17) is 0 Å². The van der Waals surface area contributed by atoms with E-state index in [1.54, 1.807) is 7.05 Å². The van der Waals surface area contributed by atoms with Crippen molar-refractivity contribution in [3.05, 3.63) is 39.6 Å². The van der Waals surface area contributed by atoms with Crippen LogP contribution in [0.15, 0.2) is 22.7 Å². The predicted molar refractivity (Wildman–Crippen MR) is 65.7 cm³/mol. The van der Waals surface area contributed by atoms with E-state index < -0.39 is 0 Å². The molecule has 0 fully saturated rings. The van der Waals surface area contributed by atoms with Crippen LogP contribution < -0.4 is 0 Å². The van der Waals surface area contributed by atoms with Crippen LogP contribution in [0.3, 0.4) is 0 Å². The molecule has 0 spiro atoms. The van der Waals surface area contributed by atoms with Gasteiger partial charge in [-0.15, -0.1) is 10.2 Å². The van der Waals surface area contributed by atoms with Crippen LogP contribution in [-0.4, -0.2) is 26.0 Å². The van der Waals surface area contributed by atoms with E-state index in [9.17, 15) is 4.79 Å². The van der Waals surface area contributed by atoms with Gasteiger partial charge in [-0.1, -0.05) is 22.0 Å². The molecule has 1 aromatic heterocycles. The van der Waals surface area contributed by atoms with Crippen LogP contribution in [-0.2, 0) is 13.5 Å². The van der Waals surface area contributed by atoms with Crippen LogP contribution in [0.5, 0.6) is 0 Å². The fourth-order valence-electron chi connectivity index (χ4n) is 1.53. The maximum atomic E-state index is 12.1. The van der Waals surface area contributed by atoms with E-state index in [0.717, 1.165) is 10.0 Å². The summed E-state index contributed by atoms with van der Waals surface area (Å²) in [5.41, 5.74) is 1.63. The van der Waals surface area contributed by atoms with Gasteiger partial charge in [0.05, 0.1) is 13.5 Å². The molecule has 0 saturated heterocycles. The van der Waals surface area contributed by atoms with Crippen LogP contribution in [0.25, 0.3) is 0 Å². The summed E-state index contributed by atoms with van der Waals surface area (Å²) in [7, 11) is 1.67. The minimum atomic E-state index is -0.00296. The maximum absolute atomic E-state index is 12.1. The minimum Gasteiger partial charge on any atom is -0.294 e. The summed E-state index contributed by atoms with van der Waals surface area (Å²) in [6.45, 7) is 1.91. The molecule has 6 heteroatoms. The molecule has 0 N–H and O–H groups in total. The van der Waals surface area contributed by atoms with Crippen LogP contribution >= 0.6 is 15.9 Å². The zero-order chi connectivity index (χ0) is 12.4. The third kappa shape index (κ3) is 2.76. The molecule has 0 aliphatic rings. The highest BCUT2D eigenvalue weighted by Crippen LogP contribution is 2.17. The van der Waals surface area contributed by atoms with Gasteiger partial charge in [-0.2, -0.15) is 4.80 Å². The maximum Gasteiger partial charge on any atom is 0.182 e. The second-order valence-corrected chi connectivity index (χ2v) is 4.67. The first kappa shape index (κ1) is 11.9. The molecule has 0 bridgehead atoms. The Labute approximate surface area is 107 Å². The van der Waals surface area contributed by atoms with Gasteiger partial charge in [0.2, 0.25) is 0 Å². The van der Waals surface area contributed by atoms with E-state index in [2.05, 4.69) is 31.3 Å². The van der Waals surface area contributed by atoms with E-state index in [1.165, 1.54) is 4.80 Å². The molecule has 17 heavy (non-hydrogen) atoms. The van der Waals surface area contributed by atoms with Gasteiger partial charge in [-0.25, -0.2) is 0 Å². The average Bonchev–Trinajstić information content (AvgIpc) is 2.67. The van der Waals surface area contributed by atoms with Crippen molar-refractivity contribution in [2.45, 2.75) is 13.3 Å². The molecular weight excluding hydrogens is 284 g/mol. The Balaban J connectivity index is 2.22. The molecule has 0 atom stereocenters. The summed E-state index contributed by atoms with van der Waals surface area (Å²) in [6, 6.07) is 5.63. The lowest BCUT2D eigenvalue weighted by Crippen LogP contribution is -2.07. The third-order valence-corrected chi connectivity index (χ3v) is 2.86. The van der Waals surface area contributed by atoms with Crippen molar-refractivity contribution >= 4 is 21.7 Å². The summed E-state index contributed by atoms with van der Waals surface area (Å²) >= 11 is 3.35. The summed E-state index contributed by atoms with van der Waals surface area (Å²) < 4.78 is 0.888. The van der Waals surface area contributed by atoms with E-state index in [-0.39, 0.29) is 12.2 Å². The smallest absolute Gasteiger partial charge is 0.182 e. The molecular formula is C11H11BrN4O. The first-order chi connectivity index (χ1) is 8.06. The number of aryl methyl sites for hydroxylation is 2. The van der Waals surface area contributed by atoms with Crippen molar-refractivity contribution in [2.24, 2.45) is 7.05 Å². The van der Waals surface area contributed by atoms with Gasteiger partial charge in [0.15, 0.2) is 11.6 Å². The average molecular weight is 295 g/mol. The molecule has 0 unspecified atom stereocenters. The molecule has 5 nitrogen and oxygen atoms in total. The van der Waals surface area contributed by atoms with Gasteiger partial charge in [-0.05, 0) is 29.8 Å². The Morgan fingerprint density at radius 2 is 2.24 bits per heavy atom. The number of carbonyl (C=O) groups is 1. The van der Waals surface area contributed by atoms with E-state index >= 15 is 0 Å². The Morgan fingerprint density at radius 3 is 2.88 bits per heavy atom. The highest BCUT2D eigenvalue weighted by Gasteiger charge is 2.13. The summed E-state index contributed by atoms with van der Waals surface area (Å²) in [5, 5.41) is 11.5. The number of Topliss-reactive ketones (excluding diaryl/α,β-unsaturated/α-hetero) is 1. The molecule has 0 radical (unpaired) electrons. The third-order valence-electron chi connectivity index (χ3n) is 2.37. The lowest BCUT2D eigenvalue weighted by molar-refractivity contribution is 0.0990. The molecule has 2 rings (SSSR count). The van der Waals surface area contributed by atoms with Gasteiger partial charge in [-0.3, -0.25) is 4.79 Å². The number of nitrogens with zero attached hydrogens (tertiary/aromatic N) is 4. The van der Waals surface area contributed by atoms with Crippen LogP contribution in [0.1, 0.15) is 21.7 Å². The SMILES string of the molecule is Cc1ccc(Br)cc1C(=O)Cc1nnn(C)n1. The standard InChI is InChI=1S/C11H11BrN4O/c1-7-3-4-8(12)5-9(7)10(17)6-11-13-15-16(2)14-11/h3-5H,6H2,1-2H3. The summed E-state index contributed by atoms with van der Waals surface area (Å²) in [5.74, 6) is 0.439. The van der Waals surface area contributed by atoms with Gasteiger partial charge >= 0.3 is 0 Å². The molecule has 1 aromatic carbocycles. The fourth-order valence-corrected chi connectivity index (χ4v) is 1.89. The van der Waals surface area contributed by atoms with Crippen LogP contribution in [0, 0.1) is 6.92 Å². The van der Waals surface area contributed by atoms with Crippen molar-refractivity contribution in [1.29, 1.82) is 0 Å². The molecule has 0 amide bonds. The number of benzene rings is 1. The number of hydrogen-bond acceptors (Lipinski definition) is 4. The van der Waals surface area contributed by atoms with Crippen molar-refractivity contribution in [3.8, 4) is 0 Å². The second kappa shape index (κ2) is 4.75. The van der Waals surface area contributed by atoms with E-state index in [0.29, 0.717) is 11.4 Å². The lowest BCUT2D eigenvalue weighted by atomic mass is 10.0. The molecule has 88 valence electrons. The topological polar surface area (TPSA) is 60.7 Å². The van der Waals surface area contributed by atoms with E-state index in [1.807, 2.05) is 25.1 Å². The molecule has 0 aliphatic carbocycles. The molecule has 1 heterocycles. The quantitative estimate of drug-likeness (QED) is 0.809. The first-order valence-corrected chi connectivity index (χ1v) is 5.88. The van der Waals surface area contributed by atoms with Crippen LogP contribution in [0.2, 0.25) is 0 Å². The largest absolute Gasteiger partial charge is 0.294 e. The van der Waals surface area contributed by atoms with Crippen molar-refractivity contribution in [1.82, 2.24) is 20.2 Å². The fraction of sp³-hybridized carbons (Fsp3) is 0.273. The lowest BCUT2D eigenvalue weighted by Gasteiger charge is -2.03. The number of tetrazole rings is 1. The minimum absolute atomic E-state index is 0.00296. The number of hydrogen-bond donors (Lipinski definition) is 0. The number of aromatic nitrogens is 4. The van der Waals surface area contributed by atoms with Gasteiger partial charge in [0, 0.05) is 10.0 Å². The number of ketones is 1. The van der Waals surface area contributed by atoms with Crippen molar-refractivity contribution < 1.29 is 4.79 Å². The monoisotopic (exact) mass is 294 g/mol. The first-order valence-electron chi connectivity index (χ1n) is 5.08. The highest BCUT2D eigenvalue weighted by molar-refractivity contribution is 9.10. The predicted octanol–water partition coefficient (Wildman–Crippen LogP) is 1.71. The zero-order valence-corrected chi connectivity index (χ0v) is 11.1. The highest BCUT2D eigenvalue weighted by atomic mass is 79.9. The molecule has 0 aliphatic heterocycles. The van der Waals surface area contributed by atoms with Gasteiger partial charge in [0.1, 0.15) is 0 Å². The number of halogens is 1. The van der Waals surface area contributed by atoms with Crippen molar-refractivity contribution in [2.75, 3.05) is 0 Å². The number of carbonyl (C=O) groups excluding carboxylic acids is 1. The zero-order valence-electron chi connectivity index (χ0n) is 9.51. The van der Waals surface area contributed by atoms with Crippen LogP contribution in [0.4, 0.5) is 0 Å². The Bertz CT molecular complexity index is 564. The Morgan fingerprint density at radius 1 is 1.47 bits per heavy atom. The van der Waals surface area contributed by atoms with Gasteiger partial charge < -0.3 is 0 Å². The second-order valence-electron chi connectivity index (χ2n) is 3.75. The number of rotatable bonds is 3. The normalized spacial score (nSPS) is 10.5. The molecule has 2 aromatic rings. The Kier molecular flexibility index (Phi) is 3.33. The molecule has 0 saturated carbocycles. The van der Waals surface area contributed by atoms with Crippen molar-refractivity contribution in [3.63, 3.8) is 0 Å².